The first kappa shape index (κ1) is 20.0. The fourth-order valence-corrected chi connectivity index (χ4v) is 3.89. The number of carbonyl (C=O) groups is 2. The average molecular weight is 394 g/mol. The molecule has 0 spiro atoms. The smallest absolute Gasteiger partial charge is 0.267 e. The standard InChI is InChI=1S/C23H23NO3S/c1-23(2,3)18-6-4-5-16(13-18)20(25)12-15-7-9-21-17(11-15)14-19(28-21)8-10-22(26)24-27/h4-11,13-14,27H,12H2,1-3H3,(H,24,26)/b10-8+. The third-order valence-electron chi connectivity index (χ3n) is 4.52. The summed E-state index contributed by atoms with van der Waals surface area (Å²) in [6, 6.07) is 15.8. The molecule has 5 heteroatoms. The Hall–Kier alpha value is -2.76. The van der Waals surface area contributed by atoms with Gasteiger partial charge in [0.05, 0.1) is 0 Å². The molecule has 144 valence electrons. The maximum atomic E-state index is 12.8. The molecule has 1 heterocycles. The van der Waals surface area contributed by atoms with Crippen molar-refractivity contribution in [2.24, 2.45) is 0 Å². The summed E-state index contributed by atoms with van der Waals surface area (Å²) in [6.07, 6.45) is 3.27. The van der Waals surface area contributed by atoms with Crippen LogP contribution in [0.5, 0.6) is 0 Å². The molecule has 0 aliphatic rings. The van der Waals surface area contributed by atoms with Gasteiger partial charge in [-0.3, -0.25) is 14.8 Å². The summed E-state index contributed by atoms with van der Waals surface area (Å²) in [7, 11) is 0. The van der Waals surface area contributed by atoms with E-state index in [1.807, 2.05) is 42.5 Å². The Kier molecular flexibility index (Phi) is 5.77. The fourth-order valence-electron chi connectivity index (χ4n) is 2.95. The van der Waals surface area contributed by atoms with E-state index in [-0.39, 0.29) is 11.2 Å². The number of ketones is 1. The molecule has 2 N–H and O–H groups in total. The fraction of sp³-hybridized carbons (Fsp3) is 0.217. The van der Waals surface area contributed by atoms with Gasteiger partial charge >= 0.3 is 0 Å². The Morgan fingerprint density at radius 1 is 1.11 bits per heavy atom. The lowest BCUT2D eigenvalue weighted by Gasteiger charge is -2.19. The Bertz CT molecular complexity index is 1060. The Labute approximate surface area is 168 Å². The zero-order chi connectivity index (χ0) is 20.3. The first-order valence-corrected chi connectivity index (χ1v) is 9.86. The van der Waals surface area contributed by atoms with Crippen molar-refractivity contribution in [1.29, 1.82) is 0 Å². The topological polar surface area (TPSA) is 66.4 Å². The predicted octanol–water partition coefficient (Wildman–Crippen LogP) is 5.14. The van der Waals surface area contributed by atoms with E-state index in [2.05, 4.69) is 26.8 Å². The number of amides is 1. The summed E-state index contributed by atoms with van der Waals surface area (Å²) in [5.74, 6) is -0.471. The van der Waals surface area contributed by atoms with Gasteiger partial charge in [0, 0.05) is 27.6 Å². The maximum absolute atomic E-state index is 12.8. The molecule has 0 atom stereocenters. The second-order valence-electron chi connectivity index (χ2n) is 7.76. The molecule has 0 radical (unpaired) electrons. The lowest BCUT2D eigenvalue weighted by molar-refractivity contribution is -0.124. The van der Waals surface area contributed by atoms with Crippen LogP contribution in [0.25, 0.3) is 16.2 Å². The van der Waals surface area contributed by atoms with E-state index >= 15 is 0 Å². The van der Waals surface area contributed by atoms with Crippen LogP contribution in [0.1, 0.15) is 47.1 Å². The van der Waals surface area contributed by atoms with Crippen molar-refractivity contribution in [2.75, 3.05) is 0 Å². The lowest BCUT2D eigenvalue weighted by Crippen LogP contribution is -2.14. The van der Waals surface area contributed by atoms with E-state index < -0.39 is 5.91 Å². The number of hydrogen-bond donors (Lipinski definition) is 2. The van der Waals surface area contributed by atoms with Gasteiger partial charge in [-0.15, -0.1) is 11.3 Å². The van der Waals surface area contributed by atoms with E-state index in [4.69, 9.17) is 5.21 Å². The Morgan fingerprint density at radius 3 is 2.61 bits per heavy atom. The van der Waals surface area contributed by atoms with E-state index in [1.54, 1.807) is 22.9 Å². The molecule has 0 unspecified atom stereocenters. The van der Waals surface area contributed by atoms with Gasteiger partial charge in [0.15, 0.2) is 5.78 Å². The predicted molar refractivity (Wildman–Crippen MR) is 114 cm³/mol. The lowest BCUT2D eigenvalue weighted by atomic mass is 9.85. The van der Waals surface area contributed by atoms with E-state index in [0.29, 0.717) is 6.42 Å². The quantitative estimate of drug-likeness (QED) is 0.273. The van der Waals surface area contributed by atoms with Gasteiger partial charge in [0.2, 0.25) is 0 Å². The van der Waals surface area contributed by atoms with Gasteiger partial charge in [0.1, 0.15) is 0 Å². The highest BCUT2D eigenvalue weighted by molar-refractivity contribution is 7.19. The Morgan fingerprint density at radius 2 is 1.89 bits per heavy atom. The second kappa shape index (κ2) is 8.09. The zero-order valence-electron chi connectivity index (χ0n) is 16.2. The average Bonchev–Trinajstić information content (AvgIpc) is 3.07. The zero-order valence-corrected chi connectivity index (χ0v) is 17.0. The molecule has 28 heavy (non-hydrogen) atoms. The molecule has 4 nitrogen and oxygen atoms in total. The monoisotopic (exact) mass is 393 g/mol. The minimum absolute atomic E-state index is 0.00270. The van der Waals surface area contributed by atoms with Gasteiger partial charge < -0.3 is 0 Å². The summed E-state index contributed by atoms with van der Waals surface area (Å²) in [5.41, 5.74) is 4.41. The second-order valence-corrected chi connectivity index (χ2v) is 8.88. The molecule has 1 aromatic heterocycles. The normalized spacial score (nSPS) is 11.9. The molecule has 0 aliphatic heterocycles. The first-order chi connectivity index (χ1) is 13.3. The summed E-state index contributed by atoms with van der Waals surface area (Å²) >= 11 is 1.55. The summed E-state index contributed by atoms with van der Waals surface area (Å²) < 4.78 is 1.08. The minimum Gasteiger partial charge on any atom is -0.294 e. The summed E-state index contributed by atoms with van der Waals surface area (Å²) in [4.78, 5) is 24.8. The number of benzene rings is 2. The van der Waals surface area contributed by atoms with Crippen molar-refractivity contribution in [3.63, 3.8) is 0 Å². The minimum atomic E-state index is -0.568. The van der Waals surface area contributed by atoms with E-state index in [0.717, 1.165) is 31.7 Å². The highest BCUT2D eigenvalue weighted by atomic mass is 32.1. The van der Waals surface area contributed by atoms with Crippen LogP contribution in [0, 0.1) is 0 Å². The molecule has 0 saturated heterocycles. The molecular weight excluding hydrogens is 370 g/mol. The molecule has 0 fully saturated rings. The van der Waals surface area contributed by atoms with Crippen LogP contribution in [-0.2, 0) is 16.6 Å². The van der Waals surface area contributed by atoms with Crippen molar-refractivity contribution in [1.82, 2.24) is 5.48 Å². The molecule has 2 aromatic carbocycles. The number of thiophene rings is 1. The number of hydrogen-bond acceptors (Lipinski definition) is 4. The number of rotatable bonds is 5. The van der Waals surface area contributed by atoms with Crippen molar-refractivity contribution in [3.8, 4) is 0 Å². The van der Waals surface area contributed by atoms with Crippen LogP contribution in [0.4, 0.5) is 0 Å². The molecular formula is C23H23NO3S. The SMILES string of the molecule is CC(C)(C)c1cccc(C(=O)Cc2ccc3sc(/C=C/C(=O)NO)cc3c2)c1. The van der Waals surface area contributed by atoms with Crippen LogP contribution >= 0.6 is 11.3 Å². The summed E-state index contributed by atoms with van der Waals surface area (Å²) in [6.45, 7) is 6.41. The number of carbonyl (C=O) groups excluding carboxylic acids is 2. The third kappa shape index (κ3) is 4.74. The molecule has 0 saturated carbocycles. The molecule has 0 aliphatic carbocycles. The van der Waals surface area contributed by atoms with Gasteiger partial charge in [-0.05, 0) is 52.3 Å². The van der Waals surface area contributed by atoms with Crippen LogP contribution < -0.4 is 5.48 Å². The maximum Gasteiger partial charge on any atom is 0.267 e. The molecule has 0 bridgehead atoms. The van der Waals surface area contributed by atoms with E-state index in [1.165, 1.54) is 6.08 Å². The van der Waals surface area contributed by atoms with Crippen molar-refractivity contribution < 1.29 is 14.8 Å². The molecule has 3 aromatic rings. The number of hydroxylamine groups is 1. The van der Waals surface area contributed by atoms with Gasteiger partial charge in [-0.2, -0.15) is 0 Å². The van der Waals surface area contributed by atoms with Gasteiger partial charge in [-0.1, -0.05) is 45.0 Å². The van der Waals surface area contributed by atoms with Gasteiger partial charge in [-0.25, -0.2) is 5.48 Å². The number of nitrogens with one attached hydrogen (secondary N) is 1. The first-order valence-electron chi connectivity index (χ1n) is 9.04. The van der Waals surface area contributed by atoms with Crippen molar-refractivity contribution in [3.05, 3.63) is 76.2 Å². The largest absolute Gasteiger partial charge is 0.294 e. The third-order valence-corrected chi connectivity index (χ3v) is 5.61. The summed E-state index contributed by atoms with van der Waals surface area (Å²) in [5, 5.41) is 9.58. The number of Topliss-reactive ketones (excluding diaryl/α,β-unsaturated/α-hetero) is 1. The van der Waals surface area contributed by atoms with Crippen molar-refractivity contribution in [2.45, 2.75) is 32.6 Å². The van der Waals surface area contributed by atoms with Gasteiger partial charge in [0.25, 0.3) is 5.91 Å². The van der Waals surface area contributed by atoms with Crippen LogP contribution in [-0.4, -0.2) is 16.9 Å². The van der Waals surface area contributed by atoms with Crippen molar-refractivity contribution >= 4 is 39.2 Å². The molecule has 1 amide bonds. The molecule has 3 rings (SSSR count). The number of fused-ring (bicyclic) bond motifs is 1. The van der Waals surface area contributed by atoms with Crippen LogP contribution in [0.3, 0.4) is 0 Å². The highest BCUT2D eigenvalue weighted by Crippen LogP contribution is 2.28. The Balaban J connectivity index is 1.80. The van der Waals surface area contributed by atoms with Crippen LogP contribution in [0.15, 0.2) is 54.6 Å². The van der Waals surface area contributed by atoms with Crippen LogP contribution in [0.2, 0.25) is 0 Å². The van der Waals surface area contributed by atoms with E-state index in [9.17, 15) is 9.59 Å². The highest BCUT2D eigenvalue weighted by Gasteiger charge is 2.16.